The highest BCUT2D eigenvalue weighted by Crippen LogP contribution is 2.29. The highest BCUT2D eigenvalue weighted by atomic mass is 32.2. The molecule has 2 fully saturated rings. The molecule has 0 saturated carbocycles. The molecule has 5 nitrogen and oxygen atoms in total. The minimum Gasteiger partial charge on any atom is -0.329 e. The van der Waals surface area contributed by atoms with Gasteiger partial charge in [0, 0.05) is 24.7 Å². The molecule has 20 heavy (non-hydrogen) atoms. The number of nitrogens with zero attached hydrogens (tertiary/aromatic N) is 2. The predicted octanol–water partition coefficient (Wildman–Crippen LogP) is 0.309. The van der Waals surface area contributed by atoms with Crippen molar-refractivity contribution < 1.29 is 8.42 Å². The van der Waals surface area contributed by atoms with Crippen molar-refractivity contribution in [2.24, 2.45) is 5.73 Å². The summed E-state index contributed by atoms with van der Waals surface area (Å²) < 4.78 is 24.0. The Morgan fingerprint density at radius 2 is 2.15 bits per heavy atom. The Labute approximate surface area is 123 Å². The van der Waals surface area contributed by atoms with Crippen LogP contribution in [0, 0.1) is 0 Å². The average molecular weight is 303 g/mol. The van der Waals surface area contributed by atoms with Crippen LogP contribution in [0.25, 0.3) is 0 Å². The largest absolute Gasteiger partial charge is 0.329 e. The van der Waals surface area contributed by atoms with Crippen LogP contribution in [-0.2, 0) is 9.84 Å². The quantitative estimate of drug-likeness (QED) is 0.792. The van der Waals surface area contributed by atoms with Crippen LogP contribution in [0.5, 0.6) is 0 Å². The summed E-state index contributed by atoms with van der Waals surface area (Å²) in [6, 6.07) is 0.554. The van der Waals surface area contributed by atoms with Crippen molar-refractivity contribution in [3.8, 4) is 0 Å². The molecule has 2 saturated heterocycles. The maximum absolute atomic E-state index is 12.0. The lowest BCUT2D eigenvalue weighted by atomic mass is 9.93. The molecule has 0 aromatic carbocycles. The van der Waals surface area contributed by atoms with Crippen molar-refractivity contribution in [2.75, 3.05) is 44.7 Å². The van der Waals surface area contributed by atoms with Gasteiger partial charge in [-0.05, 0) is 45.8 Å². The van der Waals surface area contributed by atoms with Crippen LogP contribution in [0.15, 0.2) is 0 Å². The minimum atomic E-state index is -2.94. The van der Waals surface area contributed by atoms with E-state index in [0.29, 0.717) is 18.3 Å². The van der Waals surface area contributed by atoms with E-state index < -0.39 is 9.84 Å². The van der Waals surface area contributed by atoms with E-state index in [2.05, 4.69) is 23.8 Å². The SMILES string of the molecule is CCN1CCCC1CN(C)C1(CN)CCCS(=O)(=O)C1. The van der Waals surface area contributed by atoms with E-state index in [1.54, 1.807) is 0 Å². The molecule has 6 heteroatoms. The molecule has 2 atom stereocenters. The van der Waals surface area contributed by atoms with E-state index >= 15 is 0 Å². The first kappa shape index (κ1) is 16.2. The summed E-state index contributed by atoms with van der Waals surface area (Å²) in [5.74, 6) is 0.555. The van der Waals surface area contributed by atoms with Gasteiger partial charge in [-0.1, -0.05) is 6.92 Å². The summed E-state index contributed by atoms with van der Waals surface area (Å²) in [4.78, 5) is 4.74. The van der Waals surface area contributed by atoms with Gasteiger partial charge in [-0.3, -0.25) is 9.80 Å². The summed E-state index contributed by atoms with van der Waals surface area (Å²) in [7, 11) is -0.880. The highest BCUT2D eigenvalue weighted by Gasteiger charge is 2.42. The number of hydrogen-bond donors (Lipinski definition) is 1. The van der Waals surface area contributed by atoms with Crippen LogP contribution in [0.4, 0.5) is 0 Å². The third-order valence-corrected chi connectivity index (χ3v) is 7.05. The van der Waals surface area contributed by atoms with Crippen molar-refractivity contribution in [1.29, 1.82) is 0 Å². The summed E-state index contributed by atoms with van der Waals surface area (Å²) in [6.45, 7) is 5.81. The number of likely N-dealkylation sites (tertiary alicyclic amines) is 1. The zero-order valence-corrected chi connectivity index (χ0v) is 13.7. The normalized spacial score (nSPS) is 34.7. The zero-order valence-electron chi connectivity index (χ0n) is 12.8. The topological polar surface area (TPSA) is 66.6 Å². The van der Waals surface area contributed by atoms with Gasteiger partial charge in [0.05, 0.1) is 11.5 Å². The first-order valence-electron chi connectivity index (χ1n) is 7.78. The Morgan fingerprint density at radius 1 is 1.40 bits per heavy atom. The number of hydrogen-bond acceptors (Lipinski definition) is 5. The van der Waals surface area contributed by atoms with Gasteiger partial charge in [-0.2, -0.15) is 0 Å². The third-order valence-electron chi connectivity index (χ3n) is 5.17. The standard InChI is InChI=1S/C14H29N3O2S/c1-3-17-8-4-6-13(17)10-16(2)14(11-15)7-5-9-20(18,19)12-14/h13H,3-12,15H2,1-2H3. The van der Waals surface area contributed by atoms with E-state index in [4.69, 9.17) is 5.73 Å². The predicted molar refractivity (Wildman–Crippen MR) is 82.6 cm³/mol. The summed E-state index contributed by atoms with van der Waals surface area (Å²) >= 11 is 0. The molecule has 2 heterocycles. The lowest BCUT2D eigenvalue weighted by molar-refractivity contribution is 0.0954. The van der Waals surface area contributed by atoms with Gasteiger partial charge in [0.1, 0.15) is 0 Å². The van der Waals surface area contributed by atoms with Crippen LogP contribution in [-0.4, -0.2) is 74.5 Å². The maximum Gasteiger partial charge on any atom is 0.152 e. The van der Waals surface area contributed by atoms with Crippen LogP contribution < -0.4 is 5.73 Å². The Bertz CT molecular complexity index is 426. The van der Waals surface area contributed by atoms with E-state index in [0.717, 1.165) is 25.9 Å². The smallest absolute Gasteiger partial charge is 0.152 e. The van der Waals surface area contributed by atoms with Crippen molar-refractivity contribution in [2.45, 2.75) is 44.2 Å². The minimum absolute atomic E-state index is 0.228. The molecular formula is C14H29N3O2S. The second-order valence-corrected chi connectivity index (χ2v) is 8.61. The zero-order chi connectivity index (χ0) is 14.8. The van der Waals surface area contributed by atoms with Gasteiger partial charge < -0.3 is 5.73 Å². The Balaban J connectivity index is 2.07. The fourth-order valence-electron chi connectivity index (χ4n) is 3.82. The van der Waals surface area contributed by atoms with Crippen molar-refractivity contribution in [1.82, 2.24) is 9.80 Å². The maximum atomic E-state index is 12.0. The molecule has 2 rings (SSSR count). The lowest BCUT2D eigenvalue weighted by Gasteiger charge is -2.45. The fourth-order valence-corrected chi connectivity index (χ4v) is 5.85. The molecule has 2 aliphatic heterocycles. The van der Waals surface area contributed by atoms with Gasteiger partial charge in [-0.15, -0.1) is 0 Å². The molecule has 2 unspecified atom stereocenters. The van der Waals surface area contributed by atoms with Crippen molar-refractivity contribution >= 4 is 9.84 Å². The van der Waals surface area contributed by atoms with Gasteiger partial charge in [0.15, 0.2) is 9.84 Å². The molecule has 118 valence electrons. The highest BCUT2D eigenvalue weighted by molar-refractivity contribution is 7.91. The molecule has 2 aliphatic rings. The first-order valence-corrected chi connectivity index (χ1v) is 9.60. The molecule has 0 aromatic rings. The fraction of sp³-hybridized carbons (Fsp3) is 1.00. The molecule has 0 aliphatic carbocycles. The van der Waals surface area contributed by atoms with E-state index in [1.807, 2.05) is 0 Å². The van der Waals surface area contributed by atoms with Crippen molar-refractivity contribution in [3.05, 3.63) is 0 Å². The Morgan fingerprint density at radius 3 is 2.75 bits per heavy atom. The molecule has 0 bridgehead atoms. The summed E-state index contributed by atoms with van der Waals surface area (Å²) in [6.07, 6.45) is 4.11. The number of rotatable bonds is 5. The summed E-state index contributed by atoms with van der Waals surface area (Å²) in [5, 5.41) is 0. The average Bonchev–Trinajstić information content (AvgIpc) is 2.84. The van der Waals surface area contributed by atoms with Gasteiger partial charge in [0.2, 0.25) is 0 Å². The van der Waals surface area contributed by atoms with Crippen LogP contribution >= 0.6 is 0 Å². The molecule has 0 amide bonds. The third kappa shape index (κ3) is 3.35. The molecule has 0 spiro atoms. The number of sulfone groups is 1. The lowest BCUT2D eigenvalue weighted by Crippen LogP contribution is -2.60. The van der Waals surface area contributed by atoms with Crippen LogP contribution in [0.3, 0.4) is 0 Å². The Kier molecular flexibility index (Phi) is 5.10. The van der Waals surface area contributed by atoms with E-state index in [9.17, 15) is 8.42 Å². The molecule has 2 N–H and O–H groups in total. The molecule has 0 radical (unpaired) electrons. The van der Waals surface area contributed by atoms with E-state index in [-0.39, 0.29) is 11.3 Å². The van der Waals surface area contributed by atoms with Crippen LogP contribution in [0.1, 0.15) is 32.6 Å². The molecule has 0 aromatic heterocycles. The number of nitrogens with two attached hydrogens (primary N) is 1. The van der Waals surface area contributed by atoms with Gasteiger partial charge in [-0.25, -0.2) is 8.42 Å². The van der Waals surface area contributed by atoms with Gasteiger partial charge >= 0.3 is 0 Å². The van der Waals surface area contributed by atoms with Crippen molar-refractivity contribution in [3.63, 3.8) is 0 Å². The Hall–Kier alpha value is -0.170. The monoisotopic (exact) mass is 303 g/mol. The summed E-state index contributed by atoms with van der Waals surface area (Å²) in [5.41, 5.74) is 5.63. The van der Waals surface area contributed by atoms with Gasteiger partial charge in [0.25, 0.3) is 0 Å². The number of likely N-dealkylation sites (N-methyl/N-ethyl adjacent to an activating group) is 2. The first-order chi connectivity index (χ1) is 9.42. The second kappa shape index (κ2) is 6.30. The molecular weight excluding hydrogens is 274 g/mol. The second-order valence-electron chi connectivity index (χ2n) is 6.43. The van der Waals surface area contributed by atoms with E-state index in [1.165, 1.54) is 19.4 Å². The van der Waals surface area contributed by atoms with Crippen LogP contribution in [0.2, 0.25) is 0 Å².